The first-order valence-electron chi connectivity index (χ1n) is 3.94. The maximum Gasteiger partial charge on any atom is 0.230 e. The van der Waals surface area contributed by atoms with Crippen LogP contribution in [0.2, 0.25) is 5.02 Å². The van der Waals surface area contributed by atoms with E-state index in [0.717, 1.165) is 18.3 Å². The van der Waals surface area contributed by atoms with Gasteiger partial charge in [-0.25, -0.2) is 8.78 Å². The third kappa shape index (κ3) is 1.66. The van der Waals surface area contributed by atoms with Gasteiger partial charge in [0.25, 0.3) is 0 Å². The van der Waals surface area contributed by atoms with Gasteiger partial charge in [0.15, 0.2) is 0 Å². The zero-order chi connectivity index (χ0) is 11.0. The van der Waals surface area contributed by atoms with Crippen LogP contribution < -0.4 is 5.73 Å². The lowest BCUT2D eigenvalue weighted by Crippen LogP contribution is -1.92. The van der Waals surface area contributed by atoms with Crippen LogP contribution in [-0.2, 0) is 0 Å². The molecule has 1 aromatic carbocycles. The lowest BCUT2D eigenvalue weighted by molar-refractivity contribution is 0.436. The van der Waals surface area contributed by atoms with Gasteiger partial charge in [0.2, 0.25) is 5.88 Å². The van der Waals surface area contributed by atoms with E-state index in [1.165, 1.54) is 0 Å². The van der Waals surface area contributed by atoms with E-state index in [2.05, 4.69) is 9.68 Å². The number of rotatable bonds is 1. The van der Waals surface area contributed by atoms with Gasteiger partial charge in [-0.15, -0.1) is 0 Å². The number of nitrogens with two attached hydrogens (primary N) is 1. The summed E-state index contributed by atoms with van der Waals surface area (Å²) in [4.78, 5) is 0. The first kappa shape index (κ1) is 9.92. The Morgan fingerprint density at radius 2 is 1.87 bits per heavy atom. The van der Waals surface area contributed by atoms with E-state index in [9.17, 15) is 8.78 Å². The van der Waals surface area contributed by atoms with E-state index in [1.54, 1.807) is 0 Å². The summed E-state index contributed by atoms with van der Waals surface area (Å²) in [5.74, 6) is -1.76. The topological polar surface area (TPSA) is 52.0 Å². The first-order valence-corrected chi connectivity index (χ1v) is 4.32. The number of nitrogens with zero attached hydrogens (tertiary/aromatic N) is 1. The quantitative estimate of drug-likeness (QED) is 0.820. The largest absolute Gasteiger partial charge is 0.367 e. The molecule has 0 radical (unpaired) electrons. The molecule has 0 saturated carbocycles. The summed E-state index contributed by atoms with van der Waals surface area (Å²) in [6.07, 6.45) is 1.14. The van der Waals surface area contributed by atoms with E-state index in [1.807, 2.05) is 0 Å². The molecule has 15 heavy (non-hydrogen) atoms. The van der Waals surface area contributed by atoms with Crippen LogP contribution >= 0.6 is 11.6 Å². The van der Waals surface area contributed by atoms with Crippen LogP contribution in [0.4, 0.5) is 14.7 Å². The van der Waals surface area contributed by atoms with Crippen molar-refractivity contribution in [2.45, 2.75) is 0 Å². The lowest BCUT2D eigenvalue weighted by atomic mass is 10.1. The Balaban J connectivity index is 2.68. The molecule has 0 bridgehead atoms. The number of hydrogen-bond acceptors (Lipinski definition) is 3. The molecule has 0 aliphatic heterocycles. The third-order valence-corrected chi connectivity index (χ3v) is 2.09. The molecule has 0 atom stereocenters. The van der Waals surface area contributed by atoms with Crippen molar-refractivity contribution in [3.8, 4) is 11.1 Å². The van der Waals surface area contributed by atoms with Crippen molar-refractivity contribution in [3.05, 3.63) is 35.0 Å². The molecule has 2 aromatic rings. The highest BCUT2D eigenvalue weighted by molar-refractivity contribution is 6.30. The molecule has 1 aromatic heterocycles. The van der Waals surface area contributed by atoms with Gasteiger partial charge >= 0.3 is 0 Å². The van der Waals surface area contributed by atoms with Crippen molar-refractivity contribution in [1.82, 2.24) is 5.16 Å². The minimum Gasteiger partial charge on any atom is -0.367 e. The second-order valence-electron chi connectivity index (χ2n) is 2.85. The summed E-state index contributed by atoms with van der Waals surface area (Å²) in [6.45, 7) is 0. The molecule has 2 rings (SSSR count). The zero-order valence-electron chi connectivity index (χ0n) is 7.30. The predicted molar refractivity (Wildman–Crippen MR) is 51.3 cm³/mol. The fourth-order valence-electron chi connectivity index (χ4n) is 1.24. The van der Waals surface area contributed by atoms with Gasteiger partial charge in [-0.3, -0.25) is 0 Å². The van der Waals surface area contributed by atoms with Crippen LogP contribution in [0.5, 0.6) is 0 Å². The Hall–Kier alpha value is -1.62. The third-order valence-electron chi connectivity index (χ3n) is 1.87. The highest BCUT2D eigenvalue weighted by Gasteiger charge is 2.17. The van der Waals surface area contributed by atoms with Gasteiger partial charge in [-0.2, -0.15) is 0 Å². The van der Waals surface area contributed by atoms with Crippen LogP contribution in [0.1, 0.15) is 0 Å². The minimum absolute atomic E-state index is 0.0243. The van der Waals surface area contributed by atoms with Crippen LogP contribution in [0.25, 0.3) is 11.1 Å². The monoisotopic (exact) mass is 230 g/mol. The van der Waals surface area contributed by atoms with E-state index >= 15 is 0 Å². The summed E-state index contributed by atoms with van der Waals surface area (Å²) in [7, 11) is 0. The van der Waals surface area contributed by atoms with Crippen LogP contribution in [0.3, 0.4) is 0 Å². The molecule has 0 unspecified atom stereocenters. The normalized spacial score (nSPS) is 10.6. The van der Waals surface area contributed by atoms with Gasteiger partial charge in [-0.05, 0) is 12.1 Å². The van der Waals surface area contributed by atoms with Crippen molar-refractivity contribution in [2.24, 2.45) is 0 Å². The Bertz CT molecular complexity index is 490. The van der Waals surface area contributed by atoms with Gasteiger partial charge in [0.05, 0.1) is 17.3 Å². The van der Waals surface area contributed by atoms with Gasteiger partial charge in [0, 0.05) is 5.02 Å². The molecule has 2 N–H and O–H groups in total. The summed E-state index contributed by atoms with van der Waals surface area (Å²) >= 11 is 5.47. The lowest BCUT2D eigenvalue weighted by Gasteiger charge is -2.02. The Morgan fingerprint density at radius 1 is 1.27 bits per heavy atom. The molecular weight excluding hydrogens is 226 g/mol. The summed E-state index contributed by atoms with van der Waals surface area (Å²) in [5.41, 5.74) is 5.13. The SMILES string of the molecule is Nc1oncc1-c1c(F)cc(Cl)cc1F. The van der Waals surface area contributed by atoms with Crippen molar-refractivity contribution in [1.29, 1.82) is 0 Å². The summed E-state index contributed by atoms with van der Waals surface area (Å²) in [6, 6.07) is 1.98. The maximum atomic E-state index is 13.4. The summed E-state index contributed by atoms with van der Waals surface area (Å²) in [5, 5.41) is 3.31. The van der Waals surface area contributed by atoms with Crippen LogP contribution in [0, 0.1) is 11.6 Å². The molecule has 0 aliphatic rings. The average Bonchev–Trinajstić information content (AvgIpc) is 2.50. The van der Waals surface area contributed by atoms with E-state index in [-0.39, 0.29) is 22.0 Å². The maximum absolute atomic E-state index is 13.4. The Morgan fingerprint density at radius 3 is 2.33 bits per heavy atom. The van der Waals surface area contributed by atoms with Crippen molar-refractivity contribution >= 4 is 17.5 Å². The Kier molecular flexibility index (Phi) is 2.32. The standard InChI is InChI=1S/C9H5ClF2N2O/c10-4-1-6(11)8(7(12)2-4)5-3-14-15-9(5)13/h1-3H,13H2. The molecule has 78 valence electrons. The zero-order valence-corrected chi connectivity index (χ0v) is 8.05. The van der Waals surface area contributed by atoms with Crippen molar-refractivity contribution < 1.29 is 13.3 Å². The first-order chi connectivity index (χ1) is 7.09. The van der Waals surface area contributed by atoms with Crippen LogP contribution in [-0.4, -0.2) is 5.16 Å². The molecule has 0 aliphatic carbocycles. The molecule has 0 saturated heterocycles. The number of halogens is 3. The molecule has 6 heteroatoms. The molecular formula is C9H5ClF2N2O. The highest BCUT2D eigenvalue weighted by Crippen LogP contribution is 2.32. The number of anilines is 1. The second-order valence-corrected chi connectivity index (χ2v) is 3.28. The smallest absolute Gasteiger partial charge is 0.230 e. The molecule has 0 amide bonds. The summed E-state index contributed by atoms with van der Waals surface area (Å²) < 4.78 is 31.3. The van der Waals surface area contributed by atoms with E-state index in [0.29, 0.717) is 0 Å². The minimum atomic E-state index is -0.810. The predicted octanol–water partition coefficient (Wildman–Crippen LogP) is 2.86. The number of benzene rings is 1. The second kappa shape index (κ2) is 3.51. The molecule has 1 heterocycles. The average molecular weight is 231 g/mol. The highest BCUT2D eigenvalue weighted by atomic mass is 35.5. The van der Waals surface area contributed by atoms with Crippen LogP contribution in [0.15, 0.2) is 22.9 Å². The number of nitrogen functional groups attached to an aromatic ring is 1. The van der Waals surface area contributed by atoms with Gasteiger partial charge < -0.3 is 10.3 Å². The van der Waals surface area contributed by atoms with E-state index < -0.39 is 11.6 Å². The number of aromatic nitrogens is 1. The molecule has 0 spiro atoms. The fraction of sp³-hybridized carbons (Fsp3) is 0. The van der Waals surface area contributed by atoms with Gasteiger partial charge in [-0.1, -0.05) is 16.8 Å². The molecule has 0 fully saturated rings. The number of hydrogen-bond donors (Lipinski definition) is 1. The molecule has 3 nitrogen and oxygen atoms in total. The van der Waals surface area contributed by atoms with Gasteiger partial charge in [0.1, 0.15) is 11.6 Å². The van der Waals surface area contributed by atoms with Crippen molar-refractivity contribution in [2.75, 3.05) is 5.73 Å². The fourth-order valence-corrected chi connectivity index (χ4v) is 1.43. The van der Waals surface area contributed by atoms with Crippen molar-refractivity contribution in [3.63, 3.8) is 0 Å². The Labute approximate surface area is 88.4 Å². The van der Waals surface area contributed by atoms with E-state index in [4.69, 9.17) is 17.3 Å².